The van der Waals surface area contributed by atoms with E-state index in [9.17, 15) is 9.59 Å². The van der Waals surface area contributed by atoms with Gasteiger partial charge in [-0.2, -0.15) is 0 Å². The average molecular weight is 298 g/mol. The molecule has 5 nitrogen and oxygen atoms in total. The quantitative estimate of drug-likeness (QED) is 0.894. The summed E-state index contributed by atoms with van der Waals surface area (Å²) in [6.45, 7) is 0.873. The van der Waals surface area contributed by atoms with Gasteiger partial charge in [0.05, 0.1) is 5.92 Å². The fourth-order valence-corrected chi connectivity index (χ4v) is 2.83. The van der Waals surface area contributed by atoms with Crippen molar-refractivity contribution in [3.8, 4) is 0 Å². The summed E-state index contributed by atoms with van der Waals surface area (Å²) >= 11 is 0. The highest BCUT2D eigenvalue weighted by atomic mass is 16.4. The number of nitrogens with zero attached hydrogens (tertiary/aromatic N) is 1. The molecule has 1 saturated heterocycles. The highest BCUT2D eigenvalue weighted by Crippen LogP contribution is 2.21. The molecule has 5 heteroatoms. The second-order valence-corrected chi connectivity index (χ2v) is 5.62. The molecule has 0 saturated carbocycles. The van der Waals surface area contributed by atoms with Crippen molar-refractivity contribution in [2.24, 2.45) is 5.92 Å². The van der Waals surface area contributed by atoms with Crippen molar-refractivity contribution >= 4 is 28.5 Å². The third-order valence-corrected chi connectivity index (χ3v) is 4.06. The maximum atomic E-state index is 12.3. The minimum atomic E-state index is -0.830. The molecular weight excluding hydrogens is 280 g/mol. The summed E-state index contributed by atoms with van der Waals surface area (Å²) in [5.41, 5.74) is 0.723. The zero-order valence-electron chi connectivity index (χ0n) is 12.2. The molecule has 2 aromatic rings. The molecule has 0 radical (unpaired) electrons. The van der Waals surface area contributed by atoms with Crippen LogP contribution in [0.2, 0.25) is 0 Å². The first-order valence-electron chi connectivity index (χ1n) is 7.41. The van der Waals surface area contributed by atoms with Gasteiger partial charge in [0.15, 0.2) is 0 Å². The number of nitrogens with one attached hydrogen (secondary N) is 1. The van der Waals surface area contributed by atoms with E-state index in [4.69, 9.17) is 5.11 Å². The number of fused-ring (bicyclic) bond motifs is 1. The van der Waals surface area contributed by atoms with Gasteiger partial charge >= 0.3 is 12.0 Å². The summed E-state index contributed by atoms with van der Waals surface area (Å²) in [5, 5.41) is 14.1. The molecule has 0 aliphatic carbocycles. The van der Waals surface area contributed by atoms with Crippen LogP contribution in [0.25, 0.3) is 10.8 Å². The third-order valence-electron chi connectivity index (χ3n) is 4.06. The van der Waals surface area contributed by atoms with Gasteiger partial charge < -0.3 is 15.3 Å². The SMILES string of the molecule is O=C(O)C1CCCN(C(=O)Nc2ccc3ccccc3c2)C1. The van der Waals surface area contributed by atoms with Crippen molar-refractivity contribution in [1.29, 1.82) is 0 Å². The van der Waals surface area contributed by atoms with Gasteiger partial charge in [0.25, 0.3) is 0 Å². The van der Waals surface area contributed by atoms with Gasteiger partial charge in [-0.1, -0.05) is 30.3 Å². The molecule has 1 aliphatic rings. The first-order chi connectivity index (χ1) is 10.6. The largest absolute Gasteiger partial charge is 0.481 e. The number of piperidine rings is 1. The predicted octanol–water partition coefficient (Wildman–Crippen LogP) is 3.17. The highest BCUT2D eigenvalue weighted by Gasteiger charge is 2.28. The van der Waals surface area contributed by atoms with Crippen molar-refractivity contribution in [1.82, 2.24) is 4.90 Å². The van der Waals surface area contributed by atoms with Gasteiger partial charge in [-0.15, -0.1) is 0 Å². The van der Waals surface area contributed by atoms with E-state index in [1.807, 2.05) is 42.5 Å². The molecule has 0 aromatic heterocycles. The van der Waals surface area contributed by atoms with Crippen molar-refractivity contribution < 1.29 is 14.7 Å². The normalized spacial score (nSPS) is 18.2. The second-order valence-electron chi connectivity index (χ2n) is 5.62. The zero-order valence-corrected chi connectivity index (χ0v) is 12.2. The Hall–Kier alpha value is -2.56. The summed E-state index contributed by atoms with van der Waals surface area (Å²) in [4.78, 5) is 24.9. The van der Waals surface area contributed by atoms with Gasteiger partial charge in [0.2, 0.25) is 0 Å². The Morgan fingerprint density at radius 1 is 1.14 bits per heavy atom. The number of amides is 2. The Morgan fingerprint density at radius 2 is 1.91 bits per heavy atom. The van der Waals surface area contributed by atoms with E-state index in [-0.39, 0.29) is 12.6 Å². The number of likely N-dealkylation sites (tertiary alicyclic amines) is 1. The number of hydrogen-bond donors (Lipinski definition) is 2. The minimum Gasteiger partial charge on any atom is -0.481 e. The van der Waals surface area contributed by atoms with Crippen molar-refractivity contribution in [2.75, 3.05) is 18.4 Å². The van der Waals surface area contributed by atoms with E-state index in [0.29, 0.717) is 13.0 Å². The number of carboxylic acid groups (broad SMARTS) is 1. The monoisotopic (exact) mass is 298 g/mol. The molecule has 2 amide bonds. The van der Waals surface area contributed by atoms with E-state index < -0.39 is 11.9 Å². The molecule has 1 fully saturated rings. The lowest BCUT2D eigenvalue weighted by molar-refractivity contribution is -0.143. The summed E-state index contributed by atoms with van der Waals surface area (Å²) in [7, 11) is 0. The number of benzene rings is 2. The van der Waals surface area contributed by atoms with Gasteiger partial charge in [0.1, 0.15) is 0 Å². The topological polar surface area (TPSA) is 69.6 Å². The van der Waals surface area contributed by atoms with E-state index in [0.717, 1.165) is 22.9 Å². The fraction of sp³-hybridized carbons (Fsp3) is 0.294. The molecular formula is C17H18N2O3. The van der Waals surface area contributed by atoms with E-state index in [1.165, 1.54) is 0 Å². The van der Waals surface area contributed by atoms with Crippen molar-refractivity contribution in [3.63, 3.8) is 0 Å². The maximum absolute atomic E-state index is 12.3. The Morgan fingerprint density at radius 3 is 2.68 bits per heavy atom. The molecule has 1 unspecified atom stereocenters. The molecule has 1 atom stereocenters. The molecule has 22 heavy (non-hydrogen) atoms. The second kappa shape index (κ2) is 6.05. The first-order valence-corrected chi connectivity index (χ1v) is 7.41. The number of aliphatic carboxylic acids is 1. The van der Waals surface area contributed by atoms with Crippen LogP contribution >= 0.6 is 0 Å². The first kappa shape index (κ1) is 14.4. The molecule has 3 rings (SSSR count). The maximum Gasteiger partial charge on any atom is 0.321 e. The smallest absolute Gasteiger partial charge is 0.321 e. The van der Waals surface area contributed by atoms with Crippen molar-refractivity contribution in [2.45, 2.75) is 12.8 Å². The van der Waals surface area contributed by atoms with Gasteiger partial charge in [-0.25, -0.2) is 4.79 Å². The van der Waals surface area contributed by atoms with Crippen LogP contribution in [0, 0.1) is 5.92 Å². The lowest BCUT2D eigenvalue weighted by Crippen LogP contribution is -2.44. The minimum absolute atomic E-state index is 0.235. The number of rotatable bonds is 2. The molecule has 0 spiro atoms. The standard InChI is InChI=1S/C17H18N2O3/c20-16(21)14-6-3-9-19(11-14)17(22)18-15-8-7-12-4-1-2-5-13(12)10-15/h1-2,4-5,7-8,10,14H,3,6,9,11H2,(H,18,22)(H,20,21). The van der Waals surface area contributed by atoms with Crippen LogP contribution in [-0.4, -0.2) is 35.1 Å². The van der Waals surface area contributed by atoms with E-state index >= 15 is 0 Å². The van der Waals surface area contributed by atoms with E-state index in [2.05, 4.69) is 5.32 Å². The average Bonchev–Trinajstić information content (AvgIpc) is 2.55. The van der Waals surface area contributed by atoms with Crippen molar-refractivity contribution in [3.05, 3.63) is 42.5 Å². The highest BCUT2D eigenvalue weighted by molar-refractivity contribution is 5.93. The van der Waals surface area contributed by atoms with Crippen LogP contribution in [0.3, 0.4) is 0 Å². The molecule has 114 valence electrons. The Labute approximate surface area is 128 Å². The predicted molar refractivity (Wildman–Crippen MR) is 84.9 cm³/mol. The van der Waals surface area contributed by atoms with Gasteiger partial charge in [-0.05, 0) is 35.7 Å². The number of carbonyl (C=O) groups is 2. The molecule has 1 heterocycles. The van der Waals surface area contributed by atoms with Crippen LogP contribution in [0.4, 0.5) is 10.5 Å². The van der Waals surface area contributed by atoms with Crippen LogP contribution in [-0.2, 0) is 4.79 Å². The van der Waals surface area contributed by atoms with Crippen LogP contribution in [0.1, 0.15) is 12.8 Å². The molecule has 0 bridgehead atoms. The summed E-state index contributed by atoms with van der Waals surface area (Å²) in [6.07, 6.45) is 1.36. The third kappa shape index (κ3) is 3.03. The molecule has 2 aromatic carbocycles. The summed E-state index contributed by atoms with van der Waals surface area (Å²) in [6, 6.07) is 13.4. The number of urea groups is 1. The van der Waals surface area contributed by atoms with Gasteiger partial charge in [0, 0.05) is 18.8 Å². The lowest BCUT2D eigenvalue weighted by atomic mass is 9.99. The van der Waals surface area contributed by atoms with E-state index in [1.54, 1.807) is 4.90 Å². The fourth-order valence-electron chi connectivity index (χ4n) is 2.83. The summed E-state index contributed by atoms with van der Waals surface area (Å²) in [5.74, 6) is -1.29. The zero-order chi connectivity index (χ0) is 15.5. The molecule has 2 N–H and O–H groups in total. The number of hydrogen-bond acceptors (Lipinski definition) is 2. The number of carboxylic acids is 1. The Balaban J connectivity index is 1.71. The Bertz CT molecular complexity index is 714. The summed E-state index contributed by atoms with van der Waals surface area (Å²) < 4.78 is 0. The van der Waals surface area contributed by atoms with Crippen LogP contribution in [0.15, 0.2) is 42.5 Å². The Kier molecular flexibility index (Phi) is 3.96. The number of anilines is 1. The van der Waals surface area contributed by atoms with Gasteiger partial charge in [-0.3, -0.25) is 4.79 Å². The molecule has 1 aliphatic heterocycles. The lowest BCUT2D eigenvalue weighted by Gasteiger charge is -2.30. The number of carbonyl (C=O) groups excluding carboxylic acids is 1. The van der Waals surface area contributed by atoms with Crippen LogP contribution < -0.4 is 5.32 Å². The van der Waals surface area contributed by atoms with Crippen LogP contribution in [0.5, 0.6) is 0 Å².